The summed E-state index contributed by atoms with van der Waals surface area (Å²) in [4.78, 5) is 1.38. The molecule has 1 unspecified atom stereocenters. The van der Waals surface area contributed by atoms with Crippen molar-refractivity contribution in [3.8, 4) is 0 Å². The molecule has 0 saturated heterocycles. The van der Waals surface area contributed by atoms with E-state index >= 15 is 0 Å². The molecule has 0 spiro atoms. The normalized spacial score (nSPS) is 13.2. The third-order valence-corrected chi connectivity index (χ3v) is 3.43. The molecule has 0 aliphatic carbocycles. The zero-order valence-electron chi connectivity index (χ0n) is 7.19. The highest BCUT2D eigenvalue weighted by Crippen LogP contribution is 2.16. The van der Waals surface area contributed by atoms with E-state index in [0.29, 0.717) is 12.5 Å². The van der Waals surface area contributed by atoms with Gasteiger partial charge in [0.2, 0.25) is 0 Å². The number of aliphatic hydroxyl groups is 1. The smallest absolute Gasteiger partial charge is 0.0470 e. The number of rotatable bonds is 5. The molecule has 0 fully saturated rings. The van der Waals surface area contributed by atoms with Crippen LogP contribution in [0.15, 0.2) is 17.5 Å². The third kappa shape index (κ3) is 3.17. The van der Waals surface area contributed by atoms with Gasteiger partial charge in [0.25, 0.3) is 0 Å². The van der Waals surface area contributed by atoms with Gasteiger partial charge >= 0.3 is 0 Å². The van der Waals surface area contributed by atoms with Crippen LogP contribution in [0.5, 0.6) is 0 Å². The second-order valence-electron chi connectivity index (χ2n) is 2.79. The first-order valence-corrected chi connectivity index (χ1v) is 6.26. The molecule has 0 bridgehead atoms. The van der Waals surface area contributed by atoms with Crippen LogP contribution in [-0.2, 0) is 6.42 Å². The summed E-state index contributed by atoms with van der Waals surface area (Å²) in [7, 11) is 0. The fourth-order valence-electron chi connectivity index (χ4n) is 1.13. The first kappa shape index (κ1) is 10.1. The Hall–Kier alpha value is 0.01000. The Morgan fingerprint density at radius 1 is 1.67 bits per heavy atom. The van der Waals surface area contributed by atoms with E-state index in [9.17, 15) is 0 Å². The molecule has 68 valence electrons. The van der Waals surface area contributed by atoms with Crippen LogP contribution in [-0.4, -0.2) is 23.7 Å². The van der Waals surface area contributed by atoms with Gasteiger partial charge in [0.05, 0.1) is 0 Å². The molecular formula is C9H14OS2. The zero-order chi connectivity index (χ0) is 8.81. The Bertz CT molecular complexity index is 196. The number of thiophene rings is 1. The van der Waals surface area contributed by atoms with Crippen LogP contribution >= 0.6 is 23.1 Å². The first-order chi connectivity index (χ1) is 5.86. The molecule has 1 heterocycles. The van der Waals surface area contributed by atoms with E-state index in [1.165, 1.54) is 4.88 Å². The second-order valence-corrected chi connectivity index (χ2v) is 4.73. The fourth-order valence-corrected chi connectivity index (χ4v) is 2.64. The molecule has 3 heteroatoms. The molecule has 1 aromatic heterocycles. The Morgan fingerprint density at radius 2 is 2.50 bits per heavy atom. The van der Waals surface area contributed by atoms with E-state index in [1.807, 2.05) is 0 Å². The van der Waals surface area contributed by atoms with E-state index in [0.717, 1.165) is 12.2 Å². The van der Waals surface area contributed by atoms with Crippen molar-refractivity contribution < 1.29 is 5.11 Å². The predicted molar refractivity (Wildman–Crippen MR) is 57.0 cm³/mol. The molecule has 0 radical (unpaired) electrons. The minimum Gasteiger partial charge on any atom is -0.396 e. The maximum absolute atomic E-state index is 9.05. The quantitative estimate of drug-likeness (QED) is 0.790. The van der Waals surface area contributed by atoms with Gasteiger partial charge in [-0.3, -0.25) is 0 Å². The van der Waals surface area contributed by atoms with E-state index in [4.69, 9.17) is 5.11 Å². The van der Waals surface area contributed by atoms with Gasteiger partial charge < -0.3 is 5.11 Å². The lowest BCUT2D eigenvalue weighted by atomic mass is 10.1. The molecule has 1 atom stereocenters. The third-order valence-electron chi connectivity index (χ3n) is 1.73. The molecule has 1 nitrogen and oxygen atoms in total. The van der Waals surface area contributed by atoms with Crippen molar-refractivity contribution in [2.24, 2.45) is 5.92 Å². The second kappa shape index (κ2) is 5.62. The van der Waals surface area contributed by atoms with Crippen LogP contribution < -0.4 is 0 Å². The van der Waals surface area contributed by atoms with Crippen molar-refractivity contribution >= 4 is 23.1 Å². The average molecular weight is 202 g/mol. The van der Waals surface area contributed by atoms with Gasteiger partial charge in [0.15, 0.2) is 0 Å². The van der Waals surface area contributed by atoms with Gasteiger partial charge in [-0.05, 0) is 35.8 Å². The lowest BCUT2D eigenvalue weighted by Gasteiger charge is -2.10. The summed E-state index contributed by atoms with van der Waals surface area (Å²) in [5.41, 5.74) is 0. The first-order valence-electron chi connectivity index (χ1n) is 3.99. The van der Waals surface area contributed by atoms with E-state index in [2.05, 4.69) is 23.8 Å². The van der Waals surface area contributed by atoms with Gasteiger partial charge in [-0.2, -0.15) is 11.8 Å². The zero-order valence-corrected chi connectivity index (χ0v) is 8.83. The monoisotopic (exact) mass is 202 g/mol. The van der Waals surface area contributed by atoms with Gasteiger partial charge in [-0.1, -0.05) is 6.07 Å². The highest BCUT2D eigenvalue weighted by molar-refractivity contribution is 7.98. The van der Waals surface area contributed by atoms with E-state index in [1.54, 1.807) is 23.1 Å². The van der Waals surface area contributed by atoms with Crippen molar-refractivity contribution in [3.63, 3.8) is 0 Å². The number of aliphatic hydroxyl groups excluding tert-OH is 1. The fraction of sp³-hybridized carbons (Fsp3) is 0.556. The summed E-state index contributed by atoms with van der Waals surface area (Å²) in [5, 5.41) is 11.1. The molecule has 0 amide bonds. The number of hydrogen-bond acceptors (Lipinski definition) is 3. The molecule has 0 aliphatic heterocycles. The standard InChI is InChI=1S/C9H14OS2/c1-11-7-8(6-10)5-9-3-2-4-12-9/h2-4,8,10H,5-7H2,1H3. The Balaban J connectivity index is 2.37. The summed E-state index contributed by atoms with van der Waals surface area (Å²) in [6.45, 7) is 0.304. The topological polar surface area (TPSA) is 20.2 Å². The molecule has 0 aromatic carbocycles. The van der Waals surface area contributed by atoms with Crippen molar-refractivity contribution in [1.29, 1.82) is 0 Å². The van der Waals surface area contributed by atoms with Crippen LogP contribution in [0.25, 0.3) is 0 Å². The maximum Gasteiger partial charge on any atom is 0.0470 e. The van der Waals surface area contributed by atoms with Crippen LogP contribution in [0.3, 0.4) is 0 Å². The molecule has 1 rings (SSSR count). The summed E-state index contributed by atoms with van der Waals surface area (Å²) < 4.78 is 0. The van der Waals surface area contributed by atoms with E-state index < -0.39 is 0 Å². The molecule has 1 N–H and O–H groups in total. The van der Waals surface area contributed by atoms with Gasteiger partial charge in [-0.25, -0.2) is 0 Å². The Labute approximate surface area is 81.8 Å². The van der Waals surface area contributed by atoms with Gasteiger partial charge in [0.1, 0.15) is 0 Å². The SMILES string of the molecule is CSCC(CO)Cc1cccs1. The predicted octanol–water partition coefficient (Wildman–Crippen LogP) is 2.26. The summed E-state index contributed by atoms with van der Waals surface area (Å²) >= 11 is 3.57. The minimum absolute atomic E-state index is 0.304. The number of hydrogen-bond donors (Lipinski definition) is 1. The van der Waals surface area contributed by atoms with Crippen molar-refractivity contribution in [1.82, 2.24) is 0 Å². The lowest BCUT2D eigenvalue weighted by molar-refractivity contribution is 0.240. The molecule has 0 saturated carbocycles. The summed E-state index contributed by atoms with van der Waals surface area (Å²) in [6, 6.07) is 4.20. The minimum atomic E-state index is 0.304. The van der Waals surface area contributed by atoms with Crippen LogP contribution in [0.2, 0.25) is 0 Å². The number of thioether (sulfide) groups is 1. The summed E-state index contributed by atoms with van der Waals surface area (Å²) in [5.74, 6) is 1.48. The van der Waals surface area contributed by atoms with Crippen molar-refractivity contribution in [3.05, 3.63) is 22.4 Å². The van der Waals surface area contributed by atoms with Crippen LogP contribution in [0.4, 0.5) is 0 Å². The Morgan fingerprint density at radius 3 is 3.00 bits per heavy atom. The molecular weight excluding hydrogens is 188 g/mol. The highest BCUT2D eigenvalue weighted by atomic mass is 32.2. The largest absolute Gasteiger partial charge is 0.396 e. The highest BCUT2D eigenvalue weighted by Gasteiger charge is 2.07. The van der Waals surface area contributed by atoms with Gasteiger partial charge in [-0.15, -0.1) is 11.3 Å². The van der Waals surface area contributed by atoms with E-state index in [-0.39, 0.29) is 0 Å². The van der Waals surface area contributed by atoms with Gasteiger partial charge in [0, 0.05) is 11.5 Å². The maximum atomic E-state index is 9.05. The summed E-state index contributed by atoms with van der Waals surface area (Å²) in [6.07, 6.45) is 3.10. The lowest BCUT2D eigenvalue weighted by Crippen LogP contribution is -2.11. The molecule has 0 aliphatic rings. The molecule has 12 heavy (non-hydrogen) atoms. The Kier molecular flexibility index (Phi) is 4.73. The van der Waals surface area contributed by atoms with Crippen molar-refractivity contribution in [2.75, 3.05) is 18.6 Å². The molecule has 1 aromatic rings. The van der Waals surface area contributed by atoms with Crippen LogP contribution in [0, 0.1) is 5.92 Å². The van der Waals surface area contributed by atoms with Crippen LogP contribution in [0.1, 0.15) is 4.88 Å². The van der Waals surface area contributed by atoms with Crippen molar-refractivity contribution in [2.45, 2.75) is 6.42 Å². The average Bonchev–Trinajstić information content (AvgIpc) is 2.56.